The van der Waals surface area contributed by atoms with E-state index in [0.29, 0.717) is 44.5 Å². The summed E-state index contributed by atoms with van der Waals surface area (Å²) in [7, 11) is 7.78. The smallest absolute Gasteiger partial charge is 0.337 e. The molecule has 2 heterocycles. The van der Waals surface area contributed by atoms with Crippen molar-refractivity contribution in [2.75, 3.05) is 47.5 Å². The van der Waals surface area contributed by atoms with Gasteiger partial charge in [0.1, 0.15) is 6.61 Å². The molecule has 2 aliphatic heterocycles. The predicted octanol–water partition coefficient (Wildman–Crippen LogP) is 3.86. The van der Waals surface area contributed by atoms with Gasteiger partial charge in [0, 0.05) is 17.5 Å². The number of rotatable bonds is 6. The highest BCUT2D eigenvalue weighted by Crippen LogP contribution is 2.55. The van der Waals surface area contributed by atoms with Crippen molar-refractivity contribution in [1.29, 1.82) is 0 Å². The third-order valence-electron chi connectivity index (χ3n) is 5.41. The molecule has 4 rings (SSSR count). The fourth-order valence-corrected chi connectivity index (χ4v) is 4.75. The Morgan fingerprint density at radius 2 is 1.55 bits per heavy atom. The summed E-state index contributed by atoms with van der Waals surface area (Å²) in [5.74, 6) is 1.61. The quantitative estimate of drug-likeness (QED) is 0.609. The van der Waals surface area contributed by atoms with E-state index < -0.39 is 5.92 Å². The molecule has 2 aromatic rings. The standard InChI is InChI=1S/C22H22BrNO7/c1-26-14-7-10(6-11(23)19(14)28-3)16-17-12(24-13-9-31-22(25)18(13)16)8-15(27-2)20(29-4)21(17)30-5/h6-8,16,24H,9H2,1-5H3. The Balaban J connectivity index is 2.04. The number of nitrogens with one attached hydrogen (secondary N) is 1. The van der Waals surface area contributed by atoms with E-state index in [1.165, 1.54) is 0 Å². The van der Waals surface area contributed by atoms with Gasteiger partial charge >= 0.3 is 5.97 Å². The highest BCUT2D eigenvalue weighted by atomic mass is 79.9. The molecule has 2 aromatic carbocycles. The molecule has 1 atom stereocenters. The van der Waals surface area contributed by atoms with Crippen LogP contribution in [0.25, 0.3) is 0 Å². The van der Waals surface area contributed by atoms with Crippen molar-refractivity contribution in [1.82, 2.24) is 0 Å². The van der Waals surface area contributed by atoms with Crippen LogP contribution in [0, 0.1) is 0 Å². The summed E-state index contributed by atoms with van der Waals surface area (Å²) in [6.07, 6.45) is 0. The van der Waals surface area contributed by atoms with Crippen LogP contribution >= 0.6 is 15.9 Å². The maximum Gasteiger partial charge on any atom is 0.337 e. The molecule has 0 saturated heterocycles. The molecule has 9 heteroatoms. The maximum atomic E-state index is 12.8. The summed E-state index contributed by atoms with van der Waals surface area (Å²) in [6, 6.07) is 5.56. The molecule has 2 aliphatic rings. The van der Waals surface area contributed by atoms with Crippen LogP contribution in [0.15, 0.2) is 33.9 Å². The maximum absolute atomic E-state index is 12.8. The number of benzene rings is 2. The van der Waals surface area contributed by atoms with Gasteiger partial charge in [-0.1, -0.05) is 0 Å². The summed E-state index contributed by atoms with van der Waals surface area (Å²) in [4.78, 5) is 12.8. The van der Waals surface area contributed by atoms with E-state index >= 15 is 0 Å². The van der Waals surface area contributed by atoms with E-state index in [2.05, 4.69) is 21.2 Å². The molecule has 31 heavy (non-hydrogen) atoms. The number of methoxy groups -OCH3 is 5. The van der Waals surface area contributed by atoms with E-state index in [4.69, 9.17) is 28.4 Å². The Kier molecular flexibility index (Phi) is 5.62. The fourth-order valence-electron chi connectivity index (χ4n) is 4.13. The summed E-state index contributed by atoms with van der Waals surface area (Å²) in [6.45, 7) is 0.162. The molecule has 0 aromatic heterocycles. The second kappa shape index (κ2) is 8.22. The van der Waals surface area contributed by atoms with Gasteiger partial charge in [-0.15, -0.1) is 0 Å². The molecule has 0 fully saturated rings. The first-order valence-electron chi connectivity index (χ1n) is 9.40. The molecule has 1 N–H and O–H groups in total. The zero-order chi connectivity index (χ0) is 22.3. The molecule has 0 aliphatic carbocycles. The average molecular weight is 492 g/mol. The lowest BCUT2D eigenvalue weighted by Gasteiger charge is -2.30. The minimum atomic E-state index is -0.493. The van der Waals surface area contributed by atoms with Gasteiger partial charge in [0.25, 0.3) is 0 Å². The number of hydrogen-bond donors (Lipinski definition) is 1. The number of esters is 1. The van der Waals surface area contributed by atoms with Crippen molar-refractivity contribution in [3.63, 3.8) is 0 Å². The number of hydrogen-bond acceptors (Lipinski definition) is 8. The van der Waals surface area contributed by atoms with Crippen molar-refractivity contribution in [3.8, 4) is 28.7 Å². The van der Waals surface area contributed by atoms with Crippen molar-refractivity contribution >= 4 is 27.6 Å². The first-order chi connectivity index (χ1) is 15.0. The Morgan fingerprint density at radius 3 is 2.16 bits per heavy atom. The topological polar surface area (TPSA) is 84.5 Å². The Hall–Kier alpha value is -3.07. The van der Waals surface area contributed by atoms with E-state index in [0.717, 1.165) is 16.8 Å². The van der Waals surface area contributed by atoms with E-state index in [1.54, 1.807) is 35.5 Å². The normalized spacial score (nSPS) is 16.7. The van der Waals surface area contributed by atoms with Crippen LogP contribution in [-0.2, 0) is 9.53 Å². The number of carbonyl (C=O) groups is 1. The van der Waals surface area contributed by atoms with Crippen molar-refractivity contribution < 1.29 is 33.2 Å². The second-order valence-corrected chi connectivity index (χ2v) is 7.73. The summed E-state index contributed by atoms with van der Waals surface area (Å²) >= 11 is 3.55. The third-order valence-corrected chi connectivity index (χ3v) is 6.00. The minimum Gasteiger partial charge on any atom is -0.493 e. The van der Waals surface area contributed by atoms with E-state index in [-0.39, 0.29) is 12.6 Å². The van der Waals surface area contributed by atoms with Gasteiger partial charge in [-0.2, -0.15) is 0 Å². The molecule has 0 bridgehead atoms. The van der Waals surface area contributed by atoms with Gasteiger partial charge < -0.3 is 33.7 Å². The zero-order valence-electron chi connectivity index (χ0n) is 17.8. The van der Waals surface area contributed by atoms with Crippen molar-refractivity contribution in [3.05, 3.63) is 45.1 Å². The van der Waals surface area contributed by atoms with Crippen LogP contribution < -0.4 is 29.0 Å². The molecule has 164 valence electrons. The molecular weight excluding hydrogens is 470 g/mol. The number of halogens is 1. The first-order valence-corrected chi connectivity index (χ1v) is 10.2. The Bertz CT molecular complexity index is 1100. The SMILES string of the molecule is COc1cc(C2C3=C(COC3=O)Nc3cc(OC)c(OC)c(OC)c32)cc(Br)c1OC. The third kappa shape index (κ3) is 3.23. The number of carbonyl (C=O) groups excluding carboxylic acids is 1. The summed E-state index contributed by atoms with van der Waals surface area (Å²) < 4.78 is 33.9. The number of cyclic esters (lactones) is 1. The molecule has 0 radical (unpaired) electrons. The highest BCUT2D eigenvalue weighted by Gasteiger charge is 2.42. The monoisotopic (exact) mass is 491 g/mol. The van der Waals surface area contributed by atoms with Crippen LogP contribution in [0.3, 0.4) is 0 Å². The van der Waals surface area contributed by atoms with Crippen LogP contribution in [0.4, 0.5) is 5.69 Å². The lowest BCUT2D eigenvalue weighted by molar-refractivity contribution is -0.136. The summed E-state index contributed by atoms with van der Waals surface area (Å²) in [5.41, 5.74) is 3.48. The minimum absolute atomic E-state index is 0.162. The summed E-state index contributed by atoms with van der Waals surface area (Å²) in [5, 5.41) is 3.31. The number of anilines is 1. The van der Waals surface area contributed by atoms with Crippen LogP contribution in [0.5, 0.6) is 28.7 Å². The van der Waals surface area contributed by atoms with Crippen LogP contribution in [0.1, 0.15) is 17.0 Å². The average Bonchev–Trinajstić information content (AvgIpc) is 3.15. The largest absolute Gasteiger partial charge is 0.493 e. The molecule has 0 spiro atoms. The predicted molar refractivity (Wildman–Crippen MR) is 117 cm³/mol. The lowest BCUT2D eigenvalue weighted by Crippen LogP contribution is -2.21. The van der Waals surface area contributed by atoms with Gasteiger partial charge in [-0.3, -0.25) is 0 Å². The molecule has 8 nitrogen and oxygen atoms in total. The van der Waals surface area contributed by atoms with Crippen molar-refractivity contribution in [2.45, 2.75) is 5.92 Å². The first kappa shape index (κ1) is 21.2. The molecule has 1 unspecified atom stereocenters. The van der Waals surface area contributed by atoms with Crippen LogP contribution in [0.2, 0.25) is 0 Å². The molecule has 0 amide bonds. The van der Waals surface area contributed by atoms with Gasteiger partial charge in [0.2, 0.25) is 5.75 Å². The zero-order valence-corrected chi connectivity index (χ0v) is 19.3. The van der Waals surface area contributed by atoms with E-state index in [9.17, 15) is 4.79 Å². The number of fused-ring (bicyclic) bond motifs is 1. The number of ether oxygens (including phenoxy) is 6. The van der Waals surface area contributed by atoms with Gasteiger partial charge in [0.05, 0.1) is 57.0 Å². The van der Waals surface area contributed by atoms with Crippen molar-refractivity contribution in [2.24, 2.45) is 0 Å². The molecular formula is C22H22BrNO7. The van der Waals surface area contributed by atoms with Gasteiger partial charge in [0.15, 0.2) is 23.0 Å². The molecule has 0 saturated carbocycles. The van der Waals surface area contributed by atoms with Gasteiger partial charge in [-0.25, -0.2) is 4.79 Å². The lowest BCUT2D eigenvalue weighted by atomic mass is 9.80. The van der Waals surface area contributed by atoms with E-state index in [1.807, 2.05) is 18.2 Å². The Morgan fingerprint density at radius 1 is 0.903 bits per heavy atom. The second-order valence-electron chi connectivity index (χ2n) is 6.87. The highest BCUT2D eigenvalue weighted by molar-refractivity contribution is 9.10. The van der Waals surface area contributed by atoms with Gasteiger partial charge in [-0.05, 0) is 33.6 Å². The fraction of sp³-hybridized carbons (Fsp3) is 0.318. The Labute approximate surface area is 188 Å². The van der Waals surface area contributed by atoms with Crippen LogP contribution in [-0.4, -0.2) is 48.1 Å².